The van der Waals surface area contributed by atoms with Crippen molar-refractivity contribution >= 4 is 9.84 Å². The molecule has 0 saturated heterocycles. The fourth-order valence-electron chi connectivity index (χ4n) is 0.913. The Kier molecular flexibility index (Phi) is 7.48. The SMILES string of the molecule is C#CCNCCS(=O)(=O)CCCOC. The molecule has 0 aromatic heterocycles. The van der Waals surface area contributed by atoms with Gasteiger partial charge in [0.15, 0.2) is 9.84 Å². The summed E-state index contributed by atoms with van der Waals surface area (Å²) in [5, 5.41) is 2.84. The zero-order valence-corrected chi connectivity index (χ0v) is 9.27. The lowest BCUT2D eigenvalue weighted by molar-refractivity contribution is 0.199. The minimum absolute atomic E-state index is 0.137. The Morgan fingerprint density at radius 3 is 2.71 bits per heavy atom. The summed E-state index contributed by atoms with van der Waals surface area (Å²) in [4.78, 5) is 0. The third kappa shape index (κ3) is 8.05. The quantitative estimate of drug-likeness (QED) is 0.448. The van der Waals surface area contributed by atoms with E-state index < -0.39 is 9.84 Å². The highest BCUT2D eigenvalue weighted by molar-refractivity contribution is 7.91. The minimum Gasteiger partial charge on any atom is -0.385 e. The standard InChI is InChI=1S/C9H17NO3S/c1-3-5-10-6-9-14(11,12)8-4-7-13-2/h1,10H,4-9H2,2H3. The summed E-state index contributed by atoms with van der Waals surface area (Å²) >= 11 is 0. The van der Waals surface area contributed by atoms with E-state index in [4.69, 9.17) is 11.2 Å². The molecule has 1 N–H and O–H groups in total. The van der Waals surface area contributed by atoms with Gasteiger partial charge in [-0.3, -0.25) is 0 Å². The maximum atomic E-state index is 11.3. The van der Waals surface area contributed by atoms with E-state index in [0.717, 1.165) is 0 Å². The molecule has 0 aliphatic rings. The van der Waals surface area contributed by atoms with Crippen LogP contribution in [0.3, 0.4) is 0 Å². The largest absolute Gasteiger partial charge is 0.385 e. The number of rotatable bonds is 8. The second-order valence-electron chi connectivity index (χ2n) is 2.88. The Morgan fingerprint density at radius 1 is 1.43 bits per heavy atom. The van der Waals surface area contributed by atoms with Crippen LogP contribution in [0.2, 0.25) is 0 Å². The summed E-state index contributed by atoms with van der Waals surface area (Å²) in [6.45, 7) is 1.31. The highest BCUT2D eigenvalue weighted by Crippen LogP contribution is 1.93. The molecule has 0 aromatic carbocycles. The average molecular weight is 219 g/mol. The van der Waals surface area contributed by atoms with E-state index in [2.05, 4.69) is 11.2 Å². The second kappa shape index (κ2) is 7.80. The molecular formula is C9H17NO3S. The smallest absolute Gasteiger partial charge is 0.151 e. The van der Waals surface area contributed by atoms with Gasteiger partial charge in [0.25, 0.3) is 0 Å². The third-order valence-corrected chi connectivity index (χ3v) is 3.36. The molecule has 0 radical (unpaired) electrons. The van der Waals surface area contributed by atoms with Gasteiger partial charge < -0.3 is 10.1 Å². The summed E-state index contributed by atoms with van der Waals surface area (Å²) in [5.41, 5.74) is 0. The van der Waals surface area contributed by atoms with Crippen molar-refractivity contribution in [2.24, 2.45) is 0 Å². The van der Waals surface area contributed by atoms with Crippen LogP contribution in [0.25, 0.3) is 0 Å². The van der Waals surface area contributed by atoms with Crippen LogP contribution in [0.1, 0.15) is 6.42 Å². The number of nitrogens with one attached hydrogen (secondary N) is 1. The lowest BCUT2D eigenvalue weighted by Crippen LogP contribution is -2.25. The Labute approximate surface area is 85.9 Å². The molecule has 0 unspecified atom stereocenters. The number of ether oxygens (including phenoxy) is 1. The van der Waals surface area contributed by atoms with Crippen LogP contribution in [-0.4, -0.2) is 46.7 Å². The molecule has 0 fully saturated rings. The van der Waals surface area contributed by atoms with Crippen LogP contribution in [0.4, 0.5) is 0 Å². The van der Waals surface area contributed by atoms with E-state index in [9.17, 15) is 8.42 Å². The van der Waals surface area contributed by atoms with Gasteiger partial charge in [-0.05, 0) is 6.42 Å². The van der Waals surface area contributed by atoms with Crippen molar-refractivity contribution in [1.29, 1.82) is 0 Å². The Morgan fingerprint density at radius 2 is 2.14 bits per heavy atom. The van der Waals surface area contributed by atoms with Gasteiger partial charge in [-0.2, -0.15) is 0 Å². The van der Waals surface area contributed by atoms with Crippen LogP contribution in [0, 0.1) is 12.3 Å². The van der Waals surface area contributed by atoms with Crippen molar-refractivity contribution in [2.75, 3.05) is 38.3 Å². The van der Waals surface area contributed by atoms with E-state index >= 15 is 0 Å². The summed E-state index contributed by atoms with van der Waals surface area (Å²) in [5.74, 6) is 2.70. The van der Waals surface area contributed by atoms with Crippen molar-refractivity contribution in [2.45, 2.75) is 6.42 Å². The molecule has 0 aliphatic heterocycles. The van der Waals surface area contributed by atoms with E-state index in [1.807, 2.05) is 0 Å². The van der Waals surface area contributed by atoms with Gasteiger partial charge in [0.1, 0.15) is 0 Å². The first-order chi connectivity index (χ1) is 6.62. The highest BCUT2D eigenvalue weighted by atomic mass is 32.2. The fraction of sp³-hybridized carbons (Fsp3) is 0.778. The van der Waals surface area contributed by atoms with E-state index in [1.165, 1.54) is 0 Å². The molecule has 0 rings (SSSR count). The summed E-state index contributed by atoms with van der Waals surface area (Å²) in [7, 11) is -1.39. The number of methoxy groups -OCH3 is 1. The van der Waals surface area contributed by atoms with Crippen LogP contribution >= 0.6 is 0 Å². The van der Waals surface area contributed by atoms with Crippen molar-refractivity contribution in [1.82, 2.24) is 5.32 Å². The van der Waals surface area contributed by atoms with E-state index in [-0.39, 0.29) is 11.5 Å². The molecule has 0 aliphatic carbocycles. The van der Waals surface area contributed by atoms with Crippen LogP contribution in [-0.2, 0) is 14.6 Å². The van der Waals surface area contributed by atoms with Gasteiger partial charge in [-0.25, -0.2) is 8.42 Å². The van der Waals surface area contributed by atoms with Gasteiger partial charge in [-0.15, -0.1) is 6.42 Å². The molecule has 5 heteroatoms. The Hall–Kier alpha value is -0.570. The Balaban J connectivity index is 3.58. The first-order valence-electron chi connectivity index (χ1n) is 4.46. The first kappa shape index (κ1) is 13.4. The zero-order chi connectivity index (χ0) is 10.9. The molecule has 0 heterocycles. The molecule has 0 atom stereocenters. The van der Waals surface area contributed by atoms with Gasteiger partial charge in [0.2, 0.25) is 0 Å². The summed E-state index contributed by atoms with van der Waals surface area (Å²) in [6.07, 6.45) is 5.55. The number of hydrogen-bond acceptors (Lipinski definition) is 4. The molecule has 0 bridgehead atoms. The second-order valence-corrected chi connectivity index (χ2v) is 5.18. The minimum atomic E-state index is -2.95. The van der Waals surface area contributed by atoms with Crippen molar-refractivity contribution in [3.8, 4) is 12.3 Å². The van der Waals surface area contributed by atoms with Crippen molar-refractivity contribution in [3.63, 3.8) is 0 Å². The molecule has 4 nitrogen and oxygen atoms in total. The van der Waals surface area contributed by atoms with E-state index in [1.54, 1.807) is 7.11 Å². The van der Waals surface area contributed by atoms with Crippen LogP contribution in [0.15, 0.2) is 0 Å². The highest BCUT2D eigenvalue weighted by Gasteiger charge is 2.08. The summed E-state index contributed by atoms with van der Waals surface area (Å²) < 4.78 is 27.4. The van der Waals surface area contributed by atoms with Crippen molar-refractivity contribution in [3.05, 3.63) is 0 Å². The molecule has 82 valence electrons. The maximum Gasteiger partial charge on any atom is 0.151 e. The molecule has 0 aromatic rings. The normalized spacial score (nSPS) is 11.1. The molecule has 0 spiro atoms. The third-order valence-electron chi connectivity index (χ3n) is 1.62. The van der Waals surface area contributed by atoms with Gasteiger partial charge in [-0.1, -0.05) is 5.92 Å². The van der Waals surface area contributed by atoms with Gasteiger partial charge in [0.05, 0.1) is 18.1 Å². The molecular weight excluding hydrogens is 202 g/mol. The predicted octanol–water partition coefficient (Wildman–Crippen LogP) is -0.339. The Bertz CT molecular complexity index is 266. The van der Waals surface area contributed by atoms with Crippen molar-refractivity contribution < 1.29 is 13.2 Å². The topological polar surface area (TPSA) is 55.4 Å². The lowest BCUT2D eigenvalue weighted by Gasteiger charge is -2.03. The maximum absolute atomic E-state index is 11.3. The van der Waals surface area contributed by atoms with E-state index in [0.29, 0.717) is 26.1 Å². The van der Waals surface area contributed by atoms with Crippen LogP contribution in [0.5, 0.6) is 0 Å². The zero-order valence-electron chi connectivity index (χ0n) is 8.45. The summed E-state index contributed by atoms with van der Waals surface area (Å²) in [6, 6.07) is 0. The van der Waals surface area contributed by atoms with Gasteiger partial charge in [0, 0.05) is 20.3 Å². The predicted molar refractivity (Wildman–Crippen MR) is 56.8 cm³/mol. The lowest BCUT2D eigenvalue weighted by atomic mass is 10.5. The average Bonchev–Trinajstić information content (AvgIpc) is 2.13. The van der Waals surface area contributed by atoms with Crippen LogP contribution < -0.4 is 5.32 Å². The number of hydrogen-bond donors (Lipinski definition) is 1. The number of sulfone groups is 1. The molecule has 14 heavy (non-hydrogen) atoms. The molecule has 0 saturated carbocycles. The monoisotopic (exact) mass is 219 g/mol. The fourth-order valence-corrected chi connectivity index (χ4v) is 2.13. The number of terminal acetylenes is 1. The first-order valence-corrected chi connectivity index (χ1v) is 6.28. The van der Waals surface area contributed by atoms with Gasteiger partial charge >= 0.3 is 0 Å². The molecule has 0 amide bonds.